The van der Waals surface area contributed by atoms with Crippen LogP contribution in [0.4, 0.5) is 0 Å². The van der Waals surface area contributed by atoms with Crippen LogP contribution in [-0.4, -0.2) is 27.9 Å². The summed E-state index contributed by atoms with van der Waals surface area (Å²) in [6.07, 6.45) is 3.86. The van der Waals surface area contributed by atoms with Crippen LogP contribution in [0.2, 0.25) is 0 Å². The molecule has 0 radical (unpaired) electrons. The highest BCUT2D eigenvalue weighted by Crippen LogP contribution is 2.18. The molecule has 1 aliphatic heterocycles. The lowest BCUT2D eigenvalue weighted by molar-refractivity contribution is 0.328. The molecular formula is C13H24N4. The maximum absolute atomic E-state index is 4.51. The van der Waals surface area contributed by atoms with Crippen LogP contribution in [0, 0.1) is 12.8 Å². The molecule has 0 aromatic carbocycles. The zero-order valence-corrected chi connectivity index (χ0v) is 11.2. The molecule has 2 heterocycles. The second-order valence-electron chi connectivity index (χ2n) is 5.38. The van der Waals surface area contributed by atoms with E-state index in [1.165, 1.54) is 32.4 Å². The number of rotatable bonds is 4. The lowest BCUT2D eigenvalue weighted by Gasteiger charge is -2.22. The van der Waals surface area contributed by atoms with E-state index in [-0.39, 0.29) is 0 Å². The summed E-state index contributed by atoms with van der Waals surface area (Å²) in [4.78, 5) is 4.51. The minimum Gasteiger partial charge on any atom is -0.317 e. The average molecular weight is 236 g/mol. The average Bonchev–Trinajstić information content (AvgIpc) is 2.69. The van der Waals surface area contributed by atoms with Gasteiger partial charge in [-0.15, -0.1) is 0 Å². The Balaban J connectivity index is 1.93. The first-order valence-corrected chi connectivity index (χ1v) is 6.79. The first kappa shape index (κ1) is 12.6. The van der Waals surface area contributed by atoms with Crippen LogP contribution in [0.15, 0.2) is 0 Å². The van der Waals surface area contributed by atoms with Gasteiger partial charge in [0.2, 0.25) is 0 Å². The molecule has 1 N–H and O–H groups in total. The van der Waals surface area contributed by atoms with Crippen molar-refractivity contribution in [2.75, 3.05) is 13.1 Å². The number of piperidine rings is 1. The van der Waals surface area contributed by atoms with Crippen LogP contribution in [0.5, 0.6) is 0 Å². The maximum Gasteiger partial charge on any atom is 0.147 e. The molecule has 2 rings (SSSR count). The molecule has 96 valence electrons. The van der Waals surface area contributed by atoms with E-state index in [0.29, 0.717) is 5.92 Å². The molecule has 17 heavy (non-hydrogen) atoms. The van der Waals surface area contributed by atoms with Crippen molar-refractivity contribution in [3.63, 3.8) is 0 Å². The zero-order chi connectivity index (χ0) is 12.3. The molecule has 4 nitrogen and oxygen atoms in total. The topological polar surface area (TPSA) is 42.7 Å². The van der Waals surface area contributed by atoms with Gasteiger partial charge in [-0.25, -0.2) is 9.67 Å². The van der Waals surface area contributed by atoms with Crippen molar-refractivity contribution in [3.05, 3.63) is 11.6 Å². The van der Waals surface area contributed by atoms with Crippen LogP contribution in [0.25, 0.3) is 0 Å². The number of nitrogens with zero attached hydrogens (tertiary/aromatic N) is 3. The van der Waals surface area contributed by atoms with Gasteiger partial charge in [0.05, 0.1) is 0 Å². The molecule has 0 aliphatic carbocycles. The Morgan fingerprint density at radius 2 is 2.06 bits per heavy atom. The monoisotopic (exact) mass is 236 g/mol. The van der Waals surface area contributed by atoms with Gasteiger partial charge in [-0.2, -0.15) is 5.10 Å². The summed E-state index contributed by atoms with van der Waals surface area (Å²) in [7, 11) is 0. The highest BCUT2D eigenvalue weighted by Gasteiger charge is 2.15. The lowest BCUT2D eigenvalue weighted by Crippen LogP contribution is -2.28. The number of aromatic nitrogens is 3. The van der Waals surface area contributed by atoms with Crippen LogP contribution in [0.1, 0.15) is 50.7 Å². The number of hydrogen-bond acceptors (Lipinski definition) is 3. The summed E-state index contributed by atoms with van der Waals surface area (Å²) in [5.74, 6) is 3.36. The Labute approximate surface area is 104 Å². The molecule has 0 spiro atoms. The Bertz CT molecular complexity index is 350. The van der Waals surface area contributed by atoms with Gasteiger partial charge in [-0.05, 0) is 45.2 Å². The fourth-order valence-corrected chi connectivity index (χ4v) is 2.54. The van der Waals surface area contributed by atoms with Crippen molar-refractivity contribution in [1.29, 1.82) is 0 Å². The zero-order valence-electron chi connectivity index (χ0n) is 11.2. The fourth-order valence-electron chi connectivity index (χ4n) is 2.54. The summed E-state index contributed by atoms with van der Waals surface area (Å²) in [6, 6.07) is 0. The van der Waals surface area contributed by atoms with Crippen LogP contribution < -0.4 is 5.32 Å². The minimum atomic E-state index is 0.462. The lowest BCUT2D eigenvalue weighted by atomic mass is 9.95. The molecular weight excluding hydrogens is 212 g/mol. The molecule has 1 saturated heterocycles. The smallest absolute Gasteiger partial charge is 0.147 e. The predicted octanol–water partition coefficient (Wildman–Crippen LogP) is 2.10. The van der Waals surface area contributed by atoms with E-state index < -0.39 is 0 Å². The maximum atomic E-state index is 4.51. The molecule has 0 unspecified atom stereocenters. The standard InChI is InChI=1S/C13H24N4/c1-10(2)13-15-11(3)16-17(13)9-6-12-4-7-14-8-5-12/h10,12,14H,4-9H2,1-3H3. The Morgan fingerprint density at radius 1 is 1.35 bits per heavy atom. The van der Waals surface area contributed by atoms with E-state index in [1.807, 2.05) is 6.92 Å². The normalized spacial score (nSPS) is 17.9. The van der Waals surface area contributed by atoms with Gasteiger partial charge in [0.25, 0.3) is 0 Å². The van der Waals surface area contributed by atoms with E-state index in [9.17, 15) is 0 Å². The van der Waals surface area contributed by atoms with E-state index >= 15 is 0 Å². The van der Waals surface area contributed by atoms with Gasteiger partial charge in [-0.3, -0.25) is 0 Å². The quantitative estimate of drug-likeness (QED) is 0.870. The molecule has 1 aliphatic rings. The van der Waals surface area contributed by atoms with Gasteiger partial charge in [-0.1, -0.05) is 13.8 Å². The van der Waals surface area contributed by atoms with E-state index in [2.05, 4.69) is 33.9 Å². The Kier molecular flexibility index (Phi) is 4.15. The Hall–Kier alpha value is -0.900. The van der Waals surface area contributed by atoms with Gasteiger partial charge >= 0.3 is 0 Å². The highest BCUT2D eigenvalue weighted by molar-refractivity contribution is 4.96. The second-order valence-corrected chi connectivity index (χ2v) is 5.38. The van der Waals surface area contributed by atoms with Crippen LogP contribution >= 0.6 is 0 Å². The molecule has 0 bridgehead atoms. The summed E-state index contributed by atoms with van der Waals surface area (Å²) < 4.78 is 2.11. The first-order chi connectivity index (χ1) is 8.16. The fraction of sp³-hybridized carbons (Fsp3) is 0.846. The van der Waals surface area contributed by atoms with Crippen molar-refractivity contribution < 1.29 is 0 Å². The summed E-state index contributed by atoms with van der Waals surface area (Å²) in [5, 5.41) is 7.92. The molecule has 0 amide bonds. The summed E-state index contributed by atoms with van der Waals surface area (Å²) >= 11 is 0. The van der Waals surface area contributed by atoms with Gasteiger partial charge in [0.15, 0.2) is 0 Å². The predicted molar refractivity (Wildman–Crippen MR) is 69.1 cm³/mol. The van der Waals surface area contributed by atoms with Gasteiger partial charge < -0.3 is 5.32 Å². The van der Waals surface area contributed by atoms with Crippen molar-refractivity contribution in [3.8, 4) is 0 Å². The van der Waals surface area contributed by atoms with E-state index in [4.69, 9.17) is 0 Å². The van der Waals surface area contributed by atoms with Crippen molar-refractivity contribution in [1.82, 2.24) is 20.1 Å². The summed E-state index contributed by atoms with van der Waals surface area (Å²) in [5.41, 5.74) is 0. The van der Waals surface area contributed by atoms with Crippen molar-refractivity contribution in [2.45, 2.75) is 52.5 Å². The number of nitrogens with one attached hydrogen (secondary N) is 1. The molecule has 1 aromatic rings. The van der Waals surface area contributed by atoms with Gasteiger partial charge in [0, 0.05) is 12.5 Å². The third-order valence-corrected chi connectivity index (χ3v) is 3.53. The highest BCUT2D eigenvalue weighted by atomic mass is 15.3. The third kappa shape index (κ3) is 3.28. The first-order valence-electron chi connectivity index (χ1n) is 6.79. The third-order valence-electron chi connectivity index (χ3n) is 3.53. The van der Waals surface area contributed by atoms with Crippen molar-refractivity contribution >= 4 is 0 Å². The molecule has 0 saturated carbocycles. The van der Waals surface area contributed by atoms with Crippen LogP contribution in [0.3, 0.4) is 0 Å². The number of aryl methyl sites for hydroxylation is 2. The molecule has 0 atom stereocenters. The van der Waals surface area contributed by atoms with E-state index in [0.717, 1.165) is 24.1 Å². The molecule has 1 fully saturated rings. The number of hydrogen-bond donors (Lipinski definition) is 1. The van der Waals surface area contributed by atoms with Gasteiger partial charge in [0.1, 0.15) is 11.6 Å². The minimum absolute atomic E-state index is 0.462. The SMILES string of the molecule is Cc1nc(C(C)C)n(CCC2CCNCC2)n1. The van der Waals surface area contributed by atoms with Crippen molar-refractivity contribution in [2.24, 2.45) is 5.92 Å². The summed E-state index contributed by atoms with van der Waals surface area (Å²) in [6.45, 7) is 9.73. The largest absolute Gasteiger partial charge is 0.317 e. The second kappa shape index (κ2) is 5.63. The molecule has 1 aromatic heterocycles. The Morgan fingerprint density at radius 3 is 2.71 bits per heavy atom. The van der Waals surface area contributed by atoms with E-state index in [1.54, 1.807) is 0 Å². The van der Waals surface area contributed by atoms with Crippen LogP contribution in [-0.2, 0) is 6.54 Å². The molecule has 4 heteroatoms.